The fraction of sp³-hybridized carbons (Fsp3) is 0.222. The Labute approximate surface area is 134 Å². The third-order valence-corrected chi connectivity index (χ3v) is 3.77. The highest BCUT2D eigenvalue weighted by molar-refractivity contribution is 5.81. The average molecular weight is 307 g/mol. The van der Waals surface area contributed by atoms with E-state index in [9.17, 15) is 0 Å². The summed E-state index contributed by atoms with van der Waals surface area (Å²) in [5.41, 5.74) is 2.82. The minimum atomic E-state index is 0.244. The number of rotatable bonds is 5. The number of imidazole rings is 1. The summed E-state index contributed by atoms with van der Waals surface area (Å²) in [6, 6.07) is 16.0. The van der Waals surface area contributed by atoms with Gasteiger partial charge in [0.2, 0.25) is 0 Å². The van der Waals surface area contributed by atoms with E-state index in [1.165, 1.54) is 0 Å². The smallest absolute Gasteiger partial charge is 0.163 e. The Kier molecular flexibility index (Phi) is 4.15. The van der Waals surface area contributed by atoms with Gasteiger partial charge in [0.05, 0.1) is 31.3 Å². The number of benzene rings is 2. The molecule has 0 aliphatic rings. The van der Waals surface area contributed by atoms with E-state index < -0.39 is 0 Å². The van der Waals surface area contributed by atoms with Gasteiger partial charge in [0.1, 0.15) is 12.4 Å². The van der Waals surface area contributed by atoms with Crippen molar-refractivity contribution in [2.24, 2.45) is 0 Å². The molecule has 1 aromatic heterocycles. The van der Waals surface area contributed by atoms with Crippen molar-refractivity contribution >= 4 is 11.0 Å². The first-order valence-corrected chi connectivity index (χ1v) is 7.29. The molecule has 0 saturated heterocycles. The molecule has 5 heteroatoms. The van der Waals surface area contributed by atoms with E-state index in [4.69, 9.17) is 14.7 Å². The molecular weight excluding hydrogens is 290 g/mol. The van der Waals surface area contributed by atoms with Crippen molar-refractivity contribution in [2.45, 2.75) is 13.0 Å². The molecule has 0 bridgehead atoms. The lowest BCUT2D eigenvalue weighted by atomic mass is 10.1. The fourth-order valence-electron chi connectivity index (χ4n) is 2.66. The van der Waals surface area contributed by atoms with Crippen LogP contribution in [0, 0.1) is 11.3 Å². The van der Waals surface area contributed by atoms with Crippen molar-refractivity contribution in [3.8, 4) is 17.6 Å². The first kappa shape index (κ1) is 14.9. The van der Waals surface area contributed by atoms with Crippen molar-refractivity contribution < 1.29 is 9.47 Å². The van der Waals surface area contributed by atoms with Crippen LogP contribution in [-0.4, -0.2) is 23.8 Å². The van der Waals surface area contributed by atoms with Crippen LogP contribution in [0.1, 0.15) is 11.4 Å². The van der Waals surface area contributed by atoms with Gasteiger partial charge in [0, 0.05) is 18.6 Å². The van der Waals surface area contributed by atoms with E-state index in [0.717, 1.165) is 22.4 Å². The molecule has 23 heavy (non-hydrogen) atoms. The summed E-state index contributed by atoms with van der Waals surface area (Å²) in [4.78, 5) is 4.69. The standard InChI is InChI=1S/C18H17N3O2/c1-22-16-11-14-15(12-17(16)23-2)21(9-8-19)18(20-14)10-13-6-4-3-5-7-13/h3-7,11-12H,9-10H2,1-2H3. The van der Waals surface area contributed by atoms with Crippen LogP contribution in [0.3, 0.4) is 0 Å². The lowest BCUT2D eigenvalue weighted by Crippen LogP contribution is -2.03. The Morgan fingerprint density at radius 1 is 1.09 bits per heavy atom. The van der Waals surface area contributed by atoms with Crippen LogP contribution in [-0.2, 0) is 13.0 Å². The number of hydrogen-bond donors (Lipinski definition) is 0. The van der Waals surface area contributed by atoms with Crippen LogP contribution in [0.5, 0.6) is 11.5 Å². The molecule has 1 heterocycles. The molecular formula is C18H17N3O2. The molecule has 0 spiro atoms. The molecule has 0 aliphatic carbocycles. The topological polar surface area (TPSA) is 60.1 Å². The predicted molar refractivity (Wildman–Crippen MR) is 87.7 cm³/mol. The third kappa shape index (κ3) is 2.84. The molecule has 0 atom stereocenters. The van der Waals surface area contributed by atoms with Gasteiger partial charge in [-0.3, -0.25) is 0 Å². The summed E-state index contributed by atoms with van der Waals surface area (Å²) in [7, 11) is 3.19. The number of methoxy groups -OCH3 is 2. The van der Waals surface area contributed by atoms with Crippen LogP contribution in [0.15, 0.2) is 42.5 Å². The van der Waals surface area contributed by atoms with Gasteiger partial charge < -0.3 is 14.0 Å². The van der Waals surface area contributed by atoms with E-state index in [-0.39, 0.29) is 6.54 Å². The van der Waals surface area contributed by atoms with Crippen molar-refractivity contribution in [3.05, 3.63) is 53.9 Å². The predicted octanol–water partition coefficient (Wildman–Crippen LogP) is 3.17. The van der Waals surface area contributed by atoms with Gasteiger partial charge in [-0.2, -0.15) is 5.26 Å². The van der Waals surface area contributed by atoms with Crippen LogP contribution in [0.25, 0.3) is 11.0 Å². The van der Waals surface area contributed by atoms with Crippen LogP contribution in [0.4, 0.5) is 0 Å². The molecule has 0 fully saturated rings. The second-order valence-corrected chi connectivity index (χ2v) is 5.13. The number of fused-ring (bicyclic) bond motifs is 1. The summed E-state index contributed by atoms with van der Waals surface area (Å²) >= 11 is 0. The van der Waals surface area contributed by atoms with E-state index in [2.05, 4.69) is 23.2 Å². The minimum Gasteiger partial charge on any atom is -0.493 e. The fourth-order valence-corrected chi connectivity index (χ4v) is 2.66. The van der Waals surface area contributed by atoms with Crippen LogP contribution >= 0.6 is 0 Å². The van der Waals surface area contributed by atoms with Gasteiger partial charge in [-0.1, -0.05) is 30.3 Å². The first-order valence-electron chi connectivity index (χ1n) is 7.29. The van der Waals surface area contributed by atoms with E-state index in [1.54, 1.807) is 14.2 Å². The van der Waals surface area contributed by atoms with Gasteiger partial charge >= 0.3 is 0 Å². The molecule has 0 amide bonds. The summed E-state index contributed by atoms with van der Waals surface area (Å²) in [6.07, 6.45) is 0.668. The first-order chi connectivity index (χ1) is 11.3. The third-order valence-electron chi connectivity index (χ3n) is 3.77. The molecule has 5 nitrogen and oxygen atoms in total. The van der Waals surface area contributed by atoms with Crippen LogP contribution < -0.4 is 9.47 Å². The highest BCUT2D eigenvalue weighted by atomic mass is 16.5. The highest BCUT2D eigenvalue weighted by Crippen LogP contribution is 2.32. The summed E-state index contributed by atoms with van der Waals surface area (Å²) in [6.45, 7) is 0.244. The zero-order chi connectivity index (χ0) is 16.2. The maximum atomic E-state index is 9.16. The monoisotopic (exact) mass is 307 g/mol. The van der Waals surface area contributed by atoms with Gasteiger partial charge in [-0.25, -0.2) is 4.98 Å². The molecule has 0 saturated carbocycles. The van der Waals surface area contributed by atoms with E-state index in [0.29, 0.717) is 17.9 Å². The van der Waals surface area contributed by atoms with Crippen molar-refractivity contribution in [3.63, 3.8) is 0 Å². The summed E-state index contributed by atoms with van der Waals surface area (Å²) in [5, 5.41) is 9.16. The minimum absolute atomic E-state index is 0.244. The number of ether oxygens (including phenoxy) is 2. The van der Waals surface area contributed by atoms with Crippen molar-refractivity contribution in [2.75, 3.05) is 14.2 Å². The normalized spacial score (nSPS) is 10.5. The molecule has 0 aliphatic heterocycles. The van der Waals surface area contributed by atoms with Crippen LogP contribution in [0.2, 0.25) is 0 Å². The molecule has 0 unspecified atom stereocenters. The Balaban J connectivity index is 2.13. The second kappa shape index (κ2) is 6.41. The van der Waals surface area contributed by atoms with E-state index >= 15 is 0 Å². The van der Waals surface area contributed by atoms with Gasteiger partial charge in [0.15, 0.2) is 11.5 Å². The quantitative estimate of drug-likeness (QED) is 0.726. The largest absolute Gasteiger partial charge is 0.493 e. The second-order valence-electron chi connectivity index (χ2n) is 5.13. The average Bonchev–Trinajstić information content (AvgIpc) is 2.91. The zero-order valence-electron chi connectivity index (χ0n) is 13.1. The number of hydrogen-bond acceptors (Lipinski definition) is 4. The lowest BCUT2D eigenvalue weighted by Gasteiger charge is -2.08. The Morgan fingerprint density at radius 2 is 1.78 bits per heavy atom. The Hall–Kier alpha value is -3.00. The van der Waals surface area contributed by atoms with Gasteiger partial charge in [0.25, 0.3) is 0 Å². The Morgan fingerprint density at radius 3 is 2.43 bits per heavy atom. The van der Waals surface area contributed by atoms with Gasteiger partial charge in [-0.05, 0) is 5.56 Å². The van der Waals surface area contributed by atoms with E-state index in [1.807, 2.05) is 34.9 Å². The summed E-state index contributed by atoms with van der Waals surface area (Å²) < 4.78 is 12.6. The summed E-state index contributed by atoms with van der Waals surface area (Å²) in [5.74, 6) is 2.11. The highest BCUT2D eigenvalue weighted by Gasteiger charge is 2.15. The molecule has 0 radical (unpaired) electrons. The molecule has 2 aromatic carbocycles. The number of nitriles is 1. The SMILES string of the molecule is COc1cc2nc(Cc3ccccc3)n(CC#N)c2cc1OC. The lowest BCUT2D eigenvalue weighted by molar-refractivity contribution is 0.355. The maximum absolute atomic E-state index is 9.16. The number of nitrogens with zero attached hydrogens (tertiary/aromatic N) is 3. The molecule has 116 valence electrons. The zero-order valence-corrected chi connectivity index (χ0v) is 13.1. The van der Waals surface area contributed by atoms with Gasteiger partial charge in [-0.15, -0.1) is 0 Å². The maximum Gasteiger partial charge on any atom is 0.163 e. The molecule has 3 rings (SSSR count). The van der Waals surface area contributed by atoms with Crippen molar-refractivity contribution in [1.82, 2.24) is 9.55 Å². The van der Waals surface area contributed by atoms with Crippen molar-refractivity contribution in [1.29, 1.82) is 5.26 Å². The molecule has 0 N–H and O–H groups in total. The molecule has 3 aromatic rings. The number of aromatic nitrogens is 2. The Bertz CT molecular complexity index is 863.